The van der Waals surface area contributed by atoms with Gasteiger partial charge in [-0.3, -0.25) is 4.79 Å². The van der Waals surface area contributed by atoms with E-state index in [1.807, 2.05) is 49.4 Å². The molecule has 0 aromatic heterocycles. The van der Waals surface area contributed by atoms with Crippen LogP contribution in [0.1, 0.15) is 21.5 Å². The first-order valence-electron chi connectivity index (χ1n) is 5.83. The van der Waals surface area contributed by atoms with Crippen molar-refractivity contribution < 1.29 is 4.79 Å². The van der Waals surface area contributed by atoms with Crippen LogP contribution in [0.15, 0.2) is 46.9 Å². The summed E-state index contributed by atoms with van der Waals surface area (Å²) in [6, 6.07) is 13.5. The van der Waals surface area contributed by atoms with Gasteiger partial charge in [-0.1, -0.05) is 45.8 Å². The second-order valence-corrected chi connectivity index (χ2v) is 5.64. The van der Waals surface area contributed by atoms with E-state index in [1.54, 1.807) is 0 Å². The molecule has 0 atom stereocenters. The molecule has 2 aromatic rings. The first kappa shape index (κ1) is 14.3. The van der Waals surface area contributed by atoms with Crippen LogP contribution in [0, 0.1) is 6.92 Å². The Morgan fingerprint density at radius 3 is 2.68 bits per heavy atom. The molecule has 1 amide bonds. The molecule has 1 N–H and O–H groups in total. The number of carbonyl (C=O) groups is 1. The minimum Gasteiger partial charge on any atom is -0.322 e. The molecular formula is C15H13Br2NO. The van der Waals surface area contributed by atoms with Crippen molar-refractivity contribution in [2.45, 2.75) is 12.3 Å². The number of hydrogen-bond donors (Lipinski definition) is 1. The Hall–Kier alpha value is -1.13. The number of halogens is 2. The Morgan fingerprint density at radius 2 is 1.95 bits per heavy atom. The first-order chi connectivity index (χ1) is 9.11. The molecular weight excluding hydrogens is 370 g/mol. The van der Waals surface area contributed by atoms with Gasteiger partial charge in [0.1, 0.15) is 0 Å². The van der Waals surface area contributed by atoms with Crippen molar-refractivity contribution in [3.05, 3.63) is 63.6 Å². The van der Waals surface area contributed by atoms with Crippen LogP contribution in [0.5, 0.6) is 0 Å². The molecule has 0 heterocycles. The molecule has 19 heavy (non-hydrogen) atoms. The van der Waals surface area contributed by atoms with E-state index in [4.69, 9.17) is 0 Å². The quantitative estimate of drug-likeness (QED) is 0.751. The lowest BCUT2D eigenvalue weighted by Gasteiger charge is -2.10. The first-order valence-corrected chi connectivity index (χ1v) is 7.74. The van der Waals surface area contributed by atoms with Gasteiger partial charge in [-0.05, 0) is 46.6 Å². The number of para-hydroxylation sites is 1. The topological polar surface area (TPSA) is 29.1 Å². The number of carbonyl (C=O) groups excluding carboxylic acids is 1. The second-order valence-electron chi connectivity index (χ2n) is 4.23. The third-order valence-corrected chi connectivity index (χ3v) is 4.07. The number of aryl methyl sites for hydroxylation is 1. The van der Waals surface area contributed by atoms with Gasteiger partial charge in [-0.15, -0.1) is 0 Å². The molecule has 4 heteroatoms. The summed E-state index contributed by atoms with van der Waals surface area (Å²) in [6.45, 7) is 1.97. The number of benzene rings is 2. The van der Waals surface area contributed by atoms with E-state index in [9.17, 15) is 4.79 Å². The molecule has 0 saturated carbocycles. The lowest BCUT2D eigenvalue weighted by Crippen LogP contribution is -2.13. The number of nitrogens with one attached hydrogen (secondary N) is 1. The van der Waals surface area contributed by atoms with Crippen molar-refractivity contribution in [3.8, 4) is 0 Å². The number of alkyl halides is 1. The molecule has 0 aliphatic heterocycles. The summed E-state index contributed by atoms with van der Waals surface area (Å²) in [7, 11) is 0. The zero-order valence-corrected chi connectivity index (χ0v) is 13.6. The maximum atomic E-state index is 12.3. The van der Waals surface area contributed by atoms with Crippen LogP contribution in [0.25, 0.3) is 0 Å². The average Bonchev–Trinajstić information content (AvgIpc) is 2.42. The molecule has 2 aromatic carbocycles. The molecule has 2 nitrogen and oxygen atoms in total. The summed E-state index contributed by atoms with van der Waals surface area (Å²) in [6.07, 6.45) is 0. The summed E-state index contributed by atoms with van der Waals surface area (Å²) in [5.74, 6) is -0.107. The van der Waals surface area contributed by atoms with E-state index in [1.165, 1.54) is 0 Å². The standard InChI is InChI=1S/C15H13Br2NO/c1-10-6-7-13(17)12(8-10)15(19)18-14-5-3-2-4-11(14)9-16/h2-8H,9H2,1H3,(H,18,19). The van der Waals surface area contributed by atoms with Crippen molar-refractivity contribution in [2.24, 2.45) is 0 Å². The molecule has 0 radical (unpaired) electrons. The van der Waals surface area contributed by atoms with Gasteiger partial charge in [-0.2, -0.15) is 0 Å². The smallest absolute Gasteiger partial charge is 0.256 e. The molecule has 0 aliphatic rings. The highest BCUT2D eigenvalue weighted by Crippen LogP contribution is 2.22. The molecule has 0 unspecified atom stereocenters. The summed E-state index contributed by atoms with van der Waals surface area (Å²) >= 11 is 6.83. The normalized spacial score (nSPS) is 10.3. The van der Waals surface area contributed by atoms with Gasteiger partial charge in [0, 0.05) is 15.5 Å². The minimum atomic E-state index is -0.107. The summed E-state index contributed by atoms with van der Waals surface area (Å²) < 4.78 is 0.798. The SMILES string of the molecule is Cc1ccc(Br)c(C(=O)Nc2ccccc2CBr)c1. The minimum absolute atomic E-state index is 0.107. The van der Waals surface area contributed by atoms with Gasteiger partial charge in [0.2, 0.25) is 0 Å². The molecule has 0 spiro atoms. The molecule has 0 aliphatic carbocycles. The predicted molar refractivity (Wildman–Crippen MR) is 85.9 cm³/mol. The van der Waals surface area contributed by atoms with Gasteiger partial charge in [0.05, 0.1) is 5.56 Å². The Balaban J connectivity index is 2.28. The van der Waals surface area contributed by atoms with E-state index in [0.717, 1.165) is 21.3 Å². The monoisotopic (exact) mass is 381 g/mol. The number of rotatable bonds is 3. The number of amides is 1. The van der Waals surface area contributed by atoms with Crippen LogP contribution in [0.4, 0.5) is 5.69 Å². The van der Waals surface area contributed by atoms with E-state index in [-0.39, 0.29) is 5.91 Å². The molecule has 98 valence electrons. The Bertz CT molecular complexity index is 611. The van der Waals surface area contributed by atoms with Crippen LogP contribution in [0.3, 0.4) is 0 Å². The van der Waals surface area contributed by atoms with E-state index >= 15 is 0 Å². The van der Waals surface area contributed by atoms with E-state index in [0.29, 0.717) is 10.9 Å². The van der Waals surface area contributed by atoms with Crippen molar-refractivity contribution in [3.63, 3.8) is 0 Å². The van der Waals surface area contributed by atoms with Gasteiger partial charge >= 0.3 is 0 Å². The third kappa shape index (κ3) is 3.45. The summed E-state index contributed by atoms with van der Waals surface area (Å²) in [4.78, 5) is 12.3. The molecule has 2 rings (SSSR count). The van der Waals surface area contributed by atoms with Gasteiger partial charge in [0.25, 0.3) is 5.91 Å². The molecule has 0 fully saturated rings. The van der Waals surface area contributed by atoms with Gasteiger partial charge < -0.3 is 5.32 Å². The Kier molecular flexibility index (Phi) is 4.77. The summed E-state index contributed by atoms with van der Waals surface area (Å²) in [5, 5.41) is 3.65. The van der Waals surface area contributed by atoms with Crippen LogP contribution >= 0.6 is 31.9 Å². The molecule has 0 saturated heterocycles. The van der Waals surface area contributed by atoms with Gasteiger partial charge in [-0.25, -0.2) is 0 Å². The highest BCUT2D eigenvalue weighted by molar-refractivity contribution is 9.10. The maximum absolute atomic E-state index is 12.3. The number of hydrogen-bond acceptors (Lipinski definition) is 1. The van der Waals surface area contributed by atoms with E-state index in [2.05, 4.69) is 37.2 Å². The summed E-state index contributed by atoms with van der Waals surface area (Å²) in [5.41, 5.74) is 3.59. The Morgan fingerprint density at radius 1 is 1.21 bits per heavy atom. The second kappa shape index (κ2) is 6.35. The van der Waals surface area contributed by atoms with Crippen LogP contribution in [-0.4, -0.2) is 5.91 Å². The number of anilines is 1. The fraction of sp³-hybridized carbons (Fsp3) is 0.133. The fourth-order valence-corrected chi connectivity index (χ4v) is 2.68. The fourth-order valence-electron chi connectivity index (χ4n) is 1.76. The van der Waals surface area contributed by atoms with E-state index < -0.39 is 0 Å². The third-order valence-electron chi connectivity index (χ3n) is 2.78. The maximum Gasteiger partial charge on any atom is 0.256 e. The van der Waals surface area contributed by atoms with Crippen molar-refractivity contribution in [1.29, 1.82) is 0 Å². The van der Waals surface area contributed by atoms with Crippen molar-refractivity contribution in [1.82, 2.24) is 0 Å². The van der Waals surface area contributed by atoms with Crippen LogP contribution in [-0.2, 0) is 5.33 Å². The van der Waals surface area contributed by atoms with Crippen molar-refractivity contribution >= 4 is 43.5 Å². The molecule has 0 bridgehead atoms. The highest BCUT2D eigenvalue weighted by atomic mass is 79.9. The zero-order chi connectivity index (χ0) is 13.8. The zero-order valence-electron chi connectivity index (χ0n) is 10.4. The lowest BCUT2D eigenvalue weighted by molar-refractivity contribution is 0.102. The van der Waals surface area contributed by atoms with Crippen LogP contribution < -0.4 is 5.32 Å². The van der Waals surface area contributed by atoms with Crippen molar-refractivity contribution in [2.75, 3.05) is 5.32 Å². The van der Waals surface area contributed by atoms with Crippen LogP contribution in [0.2, 0.25) is 0 Å². The Labute approximate surface area is 129 Å². The highest BCUT2D eigenvalue weighted by Gasteiger charge is 2.11. The average molecular weight is 383 g/mol. The predicted octanol–water partition coefficient (Wildman–Crippen LogP) is 4.90. The lowest BCUT2D eigenvalue weighted by atomic mass is 10.1. The largest absolute Gasteiger partial charge is 0.322 e. The van der Waals surface area contributed by atoms with Gasteiger partial charge in [0.15, 0.2) is 0 Å².